The van der Waals surface area contributed by atoms with Crippen molar-refractivity contribution in [1.29, 1.82) is 0 Å². The topological polar surface area (TPSA) is 12.0 Å². The SMILES string of the molecule is CCC1CSC(c2cccc(Cl)c2)N1. The first-order chi connectivity index (χ1) is 6.79. The van der Waals surface area contributed by atoms with Crippen LogP contribution in [-0.4, -0.2) is 11.8 Å². The zero-order valence-electron chi connectivity index (χ0n) is 8.16. The number of nitrogens with one attached hydrogen (secondary N) is 1. The minimum absolute atomic E-state index is 0.429. The molecular formula is C11H14ClNS. The molecule has 1 N–H and O–H groups in total. The van der Waals surface area contributed by atoms with Gasteiger partial charge in [0.25, 0.3) is 0 Å². The van der Waals surface area contributed by atoms with E-state index in [-0.39, 0.29) is 0 Å². The highest BCUT2D eigenvalue weighted by Crippen LogP contribution is 2.34. The minimum atomic E-state index is 0.429. The van der Waals surface area contributed by atoms with Crippen LogP contribution in [0, 0.1) is 0 Å². The van der Waals surface area contributed by atoms with E-state index in [1.807, 2.05) is 30.0 Å². The Bertz CT molecular complexity index is 316. The van der Waals surface area contributed by atoms with Crippen LogP contribution in [0.5, 0.6) is 0 Å². The fourth-order valence-electron chi connectivity index (χ4n) is 1.62. The molecule has 0 radical (unpaired) electrons. The van der Waals surface area contributed by atoms with Crippen LogP contribution in [0.1, 0.15) is 24.3 Å². The zero-order chi connectivity index (χ0) is 9.97. The summed E-state index contributed by atoms with van der Waals surface area (Å²) in [6, 6.07) is 8.77. The van der Waals surface area contributed by atoms with Gasteiger partial charge in [0, 0.05) is 16.8 Å². The second kappa shape index (κ2) is 4.56. The average Bonchev–Trinajstić information content (AvgIpc) is 2.66. The summed E-state index contributed by atoms with van der Waals surface area (Å²) in [7, 11) is 0. The van der Waals surface area contributed by atoms with Gasteiger partial charge in [0.15, 0.2) is 0 Å². The van der Waals surface area contributed by atoms with Gasteiger partial charge < -0.3 is 0 Å². The van der Waals surface area contributed by atoms with Gasteiger partial charge >= 0.3 is 0 Å². The molecule has 0 amide bonds. The van der Waals surface area contributed by atoms with Crippen molar-refractivity contribution in [2.24, 2.45) is 0 Å². The highest BCUT2D eigenvalue weighted by Gasteiger charge is 2.23. The van der Waals surface area contributed by atoms with E-state index in [0.717, 1.165) is 5.02 Å². The van der Waals surface area contributed by atoms with E-state index in [4.69, 9.17) is 11.6 Å². The molecule has 3 heteroatoms. The van der Waals surface area contributed by atoms with Crippen LogP contribution in [0.3, 0.4) is 0 Å². The van der Waals surface area contributed by atoms with Crippen LogP contribution in [-0.2, 0) is 0 Å². The summed E-state index contributed by atoms with van der Waals surface area (Å²) in [5.41, 5.74) is 1.29. The van der Waals surface area contributed by atoms with Crippen molar-refractivity contribution in [2.75, 3.05) is 5.75 Å². The molecule has 2 unspecified atom stereocenters. The van der Waals surface area contributed by atoms with Crippen LogP contribution in [0.4, 0.5) is 0 Å². The number of thioether (sulfide) groups is 1. The molecule has 2 rings (SSSR count). The lowest BCUT2D eigenvalue weighted by Crippen LogP contribution is -2.24. The van der Waals surface area contributed by atoms with Gasteiger partial charge in [-0.2, -0.15) is 0 Å². The molecule has 0 saturated carbocycles. The first-order valence-electron chi connectivity index (χ1n) is 4.92. The Labute approximate surface area is 94.2 Å². The maximum Gasteiger partial charge on any atom is 0.0792 e. The fourth-order valence-corrected chi connectivity index (χ4v) is 3.20. The third-order valence-corrected chi connectivity index (χ3v) is 4.07. The fraction of sp³-hybridized carbons (Fsp3) is 0.455. The summed E-state index contributed by atoms with van der Waals surface area (Å²) in [6.07, 6.45) is 1.20. The number of benzene rings is 1. The van der Waals surface area contributed by atoms with Gasteiger partial charge in [0.05, 0.1) is 5.37 Å². The molecule has 1 aromatic rings. The van der Waals surface area contributed by atoms with Crippen molar-refractivity contribution in [3.8, 4) is 0 Å². The monoisotopic (exact) mass is 227 g/mol. The van der Waals surface area contributed by atoms with Gasteiger partial charge in [-0.3, -0.25) is 5.32 Å². The summed E-state index contributed by atoms with van der Waals surface area (Å²) < 4.78 is 0. The molecule has 1 aliphatic rings. The molecule has 1 saturated heterocycles. The summed E-state index contributed by atoms with van der Waals surface area (Å²) in [6.45, 7) is 2.22. The van der Waals surface area contributed by atoms with Gasteiger partial charge in [0.2, 0.25) is 0 Å². The summed E-state index contributed by atoms with van der Waals surface area (Å²) in [4.78, 5) is 0. The molecule has 76 valence electrons. The van der Waals surface area contributed by atoms with Crippen LogP contribution in [0.2, 0.25) is 5.02 Å². The van der Waals surface area contributed by atoms with E-state index in [9.17, 15) is 0 Å². The highest BCUT2D eigenvalue weighted by molar-refractivity contribution is 7.99. The maximum atomic E-state index is 5.96. The first kappa shape index (κ1) is 10.3. The standard InChI is InChI=1S/C11H14ClNS/c1-2-10-7-14-11(13-10)8-4-3-5-9(12)6-8/h3-6,10-11,13H,2,7H2,1H3. The molecule has 2 atom stereocenters. The van der Waals surface area contributed by atoms with E-state index < -0.39 is 0 Å². The molecule has 1 heterocycles. The quantitative estimate of drug-likeness (QED) is 0.831. The predicted octanol–water partition coefficient (Wildman–Crippen LogP) is 3.45. The molecule has 14 heavy (non-hydrogen) atoms. The number of hydrogen-bond acceptors (Lipinski definition) is 2. The summed E-state index contributed by atoms with van der Waals surface area (Å²) in [5.74, 6) is 1.20. The molecule has 1 nitrogen and oxygen atoms in total. The van der Waals surface area contributed by atoms with Gasteiger partial charge in [-0.05, 0) is 24.1 Å². The molecular weight excluding hydrogens is 214 g/mol. The van der Waals surface area contributed by atoms with Crippen LogP contribution in [0.25, 0.3) is 0 Å². The maximum absolute atomic E-state index is 5.96. The van der Waals surface area contributed by atoms with E-state index in [1.165, 1.54) is 17.7 Å². The first-order valence-corrected chi connectivity index (χ1v) is 6.35. The van der Waals surface area contributed by atoms with Crippen molar-refractivity contribution in [2.45, 2.75) is 24.8 Å². The number of rotatable bonds is 2. The Balaban J connectivity index is 2.09. The Morgan fingerprint density at radius 2 is 2.43 bits per heavy atom. The van der Waals surface area contributed by atoms with Gasteiger partial charge in [-0.1, -0.05) is 30.7 Å². The van der Waals surface area contributed by atoms with E-state index in [0.29, 0.717) is 11.4 Å². The molecule has 0 aromatic heterocycles. The van der Waals surface area contributed by atoms with Crippen molar-refractivity contribution >= 4 is 23.4 Å². The molecule has 0 aliphatic carbocycles. The number of halogens is 1. The zero-order valence-corrected chi connectivity index (χ0v) is 9.74. The smallest absolute Gasteiger partial charge is 0.0792 e. The summed E-state index contributed by atoms with van der Waals surface area (Å²) >= 11 is 7.92. The van der Waals surface area contributed by atoms with Gasteiger partial charge in [-0.15, -0.1) is 11.8 Å². The Morgan fingerprint density at radius 3 is 3.07 bits per heavy atom. The van der Waals surface area contributed by atoms with Crippen LogP contribution < -0.4 is 5.32 Å². The lowest BCUT2D eigenvalue weighted by atomic mass is 10.2. The third-order valence-electron chi connectivity index (χ3n) is 2.50. The van der Waals surface area contributed by atoms with Crippen molar-refractivity contribution in [3.63, 3.8) is 0 Å². The molecule has 0 bridgehead atoms. The largest absolute Gasteiger partial charge is 0.298 e. The van der Waals surface area contributed by atoms with Gasteiger partial charge in [0.1, 0.15) is 0 Å². The van der Waals surface area contributed by atoms with E-state index in [1.54, 1.807) is 0 Å². The lowest BCUT2D eigenvalue weighted by molar-refractivity contribution is 0.561. The van der Waals surface area contributed by atoms with Crippen molar-refractivity contribution in [1.82, 2.24) is 5.32 Å². The normalized spacial score (nSPS) is 26.7. The second-order valence-corrected chi connectivity index (χ2v) is 5.11. The van der Waals surface area contributed by atoms with Gasteiger partial charge in [-0.25, -0.2) is 0 Å². The molecule has 0 spiro atoms. The predicted molar refractivity (Wildman–Crippen MR) is 63.9 cm³/mol. The molecule has 1 aliphatic heterocycles. The Kier molecular flexibility index (Phi) is 3.37. The van der Waals surface area contributed by atoms with Crippen molar-refractivity contribution in [3.05, 3.63) is 34.9 Å². The van der Waals surface area contributed by atoms with Crippen molar-refractivity contribution < 1.29 is 0 Å². The molecule has 1 aromatic carbocycles. The highest BCUT2D eigenvalue weighted by atomic mass is 35.5. The van der Waals surface area contributed by atoms with Crippen LogP contribution in [0.15, 0.2) is 24.3 Å². The molecule has 1 fully saturated rings. The Morgan fingerprint density at radius 1 is 1.57 bits per heavy atom. The van der Waals surface area contributed by atoms with Crippen LogP contribution >= 0.6 is 23.4 Å². The van der Waals surface area contributed by atoms with E-state index in [2.05, 4.69) is 18.3 Å². The third kappa shape index (κ3) is 2.25. The average molecular weight is 228 g/mol. The Hall–Kier alpha value is -0.180. The minimum Gasteiger partial charge on any atom is -0.298 e. The number of hydrogen-bond donors (Lipinski definition) is 1. The summed E-state index contributed by atoms with van der Waals surface area (Å²) in [5, 5.41) is 4.84. The lowest BCUT2D eigenvalue weighted by Gasteiger charge is -2.12. The second-order valence-electron chi connectivity index (χ2n) is 3.54. The van der Waals surface area contributed by atoms with E-state index >= 15 is 0 Å².